The maximum atomic E-state index is 12.3. The Morgan fingerprint density at radius 1 is 1.06 bits per heavy atom. The van der Waals surface area contributed by atoms with Gasteiger partial charge in [0.1, 0.15) is 24.4 Å². The quantitative estimate of drug-likeness (QED) is 0.283. The van der Waals surface area contributed by atoms with Gasteiger partial charge in [-0.3, -0.25) is 19.3 Å². The highest BCUT2D eigenvalue weighted by Gasteiger charge is 2.45. The second-order valence-corrected chi connectivity index (χ2v) is 8.01. The summed E-state index contributed by atoms with van der Waals surface area (Å²) < 4.78 is 10.5. The first-order valence-corrected chi connectivity index (χ1v) is 10.8. The molecule has 2 aliphatic rings. The van der Waals surface area contributed by atoms with Gasteiger partial charge in [0.2, 0.25) is 5.91 Å². The fraction of sp³-hybridized carbons (Fsp3) is 0.591. The molecule has 0 saturated carbocycles. The molecule has 32 heavy (non-hydrogen) atoms. The van der Waals surface area contributed by atoms with Gasteiger partial charge >= 0.3 is 0 Å². The third kappa shape index (κ3) is 5.16. The molecule has 3 amide bonds. The highest BCUT2D eigenvalue weighted by atomic mass is 16.7. The average Bonchev–Trinajstić information content (AvgIpc) is 3.04. The lowest BCUT2D eigenvalue weighted by molar-refractivity contribution is -0.262. The summed E-state index contributed by atoms with van der Waals surface area (Å²) in [4.78, 5) is 38.2. The number of ether oxygens (including phenoxy) is 2. The van der Waals surface area contributed by atoms with Crippen LogP contribution >= 0.6 is 0 Å². The van der Waals surface area contributed by atoms with Crippen molar-refractivity contribution in [3.05, 3.63) is 35.4 Å². The Morgan fingerprint density at radius 2 is 1.69 bits per heavy atom. The average molecular weight is 450 g/mol. The molecule has 0 aliphatic carbocycles. The molecule has 4 N–H and O–H groups in total. The predicted molar refractivity (Wildman–Crippen MR) is 112 cm³/mol. The summed E-state index contributed by atoms with van der Waals surface area (Å²) in [5, 5.41) is 32.1. The molecule has 0 unspecified atom stereocenters. The van der Waals surface area contributed by atoms with Crippen LogP contribution in [0.1, 0.15) is 52.8 Å². The molecule has 176 valence electrons. The van der Waals surface area contributed by atoms with E-state index in [0.29, 0.717) is 30.5 Å². The third-order valence-electron chi connectivity index (χ3n) is 5.85. The maximum absolute atomic E-state index is 12.3. The largest absolute Gasteiger partial charge is 0.394 e. The molecule has 1 saturated heterocycles. The van der Waals surface area contributed by atoms with Gasteiger partial charge in [0, 0.05) is 20.1 Å². The van der Waals surface area contributed by atoms with Gasteiger partial charge in [-0.1, -0.05) is 25.0 Å². The van der Waals surface area contributed by atoms with Crippen LogP contribution in [0.15, 0.2) is 24.3 Å². The number of rotatable bonds is 10. The number of benzene rings is 1. The van der Waals surface area contributed by atoms with E-state index in [9.17, 15) is 29.7 Å². The SMILES string of the molecule is CO[C@H]1O[C@H](CO)[C@@H](O)[C@H](O)[C@H]1NC(=O)CCCCCCN1C(=O)c2ccccc2C1=O. The van der Waals surface area contributed by atoms with Crippen molar-refractivity contribution in [1.82, 2.24) is 10.2 Å². The van der Waals surface area contributed by atoms with Gasteiger partial charge in [0.15, 0.2) is 6.29 Å². The smallest absolute Gasteiger partial charge is 0.261 e. The van der Waals surface area contributed by atoms with Crippen LogP contribution in [0, 0.1) is 0 Å². The summed E-state index contributed by atoms with van der Waals surface area (Å²) in [5.41, 5.74) is 0.876. The van der Waals surface area contributed by atoms with Crippen molar-refractivity contribution in [2.75, 3.05) is 20.3 Å². The number of amides is 3. The van der Waals surface area contributed by atoms with Crippen LogP contribution in [-0.2, 0) is 14.3 Å². The Morgan fingerprint density at radius 3 is 2.28 bits per heavy atom. The lowest BCUT2D eigenvalue weighted by atomic mass is 9.96. The first-order chi connectivity index (χ1) is 15.4. The predicted octanol–water partition coefficient (Wildman–Crippen LogP) is -0.197. The molecule has 2 heterocycles. The van der Waals surface area contributed by atoms with E-state index in [2.05, 4.69) is 5.32 Å². The van der Waals surface area contributed by atoms with Crippen LogP contribution in [0.2, 0.25) is 0 Å². The van der Waals surface area contributed by atoms with Gasteiger partial charge in [0.25, 0.3) is 11.8 Å². The van der Waals surface area contributed by atoms with E-state index >= 15 is 0 Å². The monoisotopic (exact) mass is 450 g/mol. The molecule has 5 atom stereocenters. The maximum Gasteiger partial charge on any atom is 0.261 e. The molecular formula is C22H30N2O8. The summed E-state index contributed by atoms with van der Waals surface area (Å²) in [5.74, 6) is -0.859. The lowest BCUT2D eigenvalue weighted by Crippen LogP contribution is -2.64. The Labute approximate surface area is 186 Å². The van der Waals surface area contributed by atoms with Crippen molar-refractivity contribution in [2.45, 2.75) is 62.7 Å². The van der Waals surface area contributed by atoms with E-state index in [0.717, 1.165) is 12.8 Å². The molecule has 0 aromatic heterocycles. The number of unbranched alkanes of at least 4 members (excludes halogenated alkanes) is 3. The molecular weight excluding hydrogens is 420 g/mol. The fourth-order valence-electron chi connectivity index (χ4n) is 4.05. The normalized spacial score (nSPS) is 27.5. The zero-order valence-electron chi connectivity index (χ0n) is 18.0. The number of nitrogens with one attached hydrogen (secondary N) is 1. The number of methoxy groups -OCH3 is 1. The number of aliphatic hydroxyl groups is 3. The number of hydrogen-bond donors (Lipinski definition) is 4. The van der Waals surface area contributed by atoms with Gasteiger partial charge in [-0.15, -0.1) is 0 Å². The first-order valence-electron chi connectivity index (χ1n) is 10.8. The number of fused-ring (bicyclic) bond motifs is 1. The summed E-state index contributed by atoms with van der Waals surface area (Å²) >= 11 is 0. The molecule has 0 bridgehead atoms. The number of aliphatic hydroxyl groups excluding tert-OH is 3. The second kappa shape index (κ2) is 11.0. The molecule has 1 aromatic rings. The van der Waals surface area contributed by atoms with Crippen LogP contribution in [0.3, 0.4) is 0 Å². The summed E-state index contributed by atoms with van der Waals surface area (Å²) in [7, 11) is 1.34. The molecule has 0 radical (unpaired) electrons. The molecule has 1 aromatic carbocycles. The van der Waals surface area contributed by atoms with Crippen molar-refractivity contribution in [2.24, 2.45) is 0 Å². The summed E-state index contributed by atoms with van der Waals surface area (Å²) in [6.07, 6.45) is -1.78. The van der Waals surface area contributed by atoms with Gasteiger partial charge in [-0.05, 0) is 25.0 Å². The van der Waals surface area contributed by atoms with Crippen molar-refractivity contribution in [1.29, 1.82) is 0 Å². The Hall–Kier alpha value is -2.37. The van der Waals surface area contributed by atoms with E-state index in [1.54, 1.807) is 24.3 Å². The van der Waals surface area contributed by atoms with E-state index < -0.39 is 37.3 Å². The Kier molecular flexibility index (Phi) is 8.32. The van der Waals surface area contributed by atoms with E-state index in [-0.39, 0.29) is 24.1 Å². The number of imide groups is 1. The topological polar surface area (TPSA) is 146 Å². The minimum Gasteiger partial charge on any atom is -0.394 e. The molecule has 0 spiro atoms. The minimum absolute atomic E-state index is 0.201. The zero-order chi connectivity index (χ0) is 23.3. The van der Waals surface area contributed by atoms with Gasteiger partial charge in [-0.2, -0.15) is 0 Å². The Balaban J connectivity index is 1.36. The van der Waals surface area contributed by atoms with Crippen LogP contribution in [0.4, 0.5) is 0 Å². The fourth-order valence-corrected chi connectivity index (χ4v) is 4.05. The van der Waals surface area contributed by atoms with Crippen molar-refractivity contribution >= 4 is 17.7 Å². The molecule has 2 aliphatic heterocycles. The minimum atomic E-state index is -1.35. The van der Waals surface area contributed by atoms with Crippen molar-refractivity contribution < 1.29 is 39.2 Å². The number of carbonyl (C=O) groups is 3. The number of hydrogen-bond acceptors (Lipinski definition) is 8. The van der Waals surface area contributed by atoms with E-state index in [4.69, 9.17) is 9.47 Å². The van der Waals surface area contributed by atoms with Gasteiger partial charge < -0.3 is 30.1 Å². The van der Waals surface area contributed by atoms with Gasteiger partial charge in [0.05, 0.1) is 17.7 Å². The molecule has 10 heteroatoms. The molecule has 3 rings (SSSR count). The van der Waals surface area contributed by atoms with Crippen molar-refractivity contribution in [3.63, 3.8) is 0 Å². The van der Waals surface area contributed by atoms with E-state index in [1.807, 2.05) is 0 Å². The van der Waals surface area contributed by atoms with Crippen LogP contribution in [-0.4, -0.2) is 88.8 Å². The highest BCUT2D eigenvalue weighted by molar-refractivity contribution is 6.21. The second-order valence-electron chi connectivity index (χ2n) is 8.01. The summed E-state index contributed by atoms with van der Waals surface area (Å²) in [6.45, 7) is -0.150. The standard InChI is InChI=1S/C22H30N2O8/c1-31-22-17(19(28)18(27)15(12-25)32-22)23-16(26)10-4-2-3-7-11-24-20(29)13-8-5-6-9-14(13)21(24)30/h5-6,8-9,15,17-19,22,25,27-28H,2-4,7,10-12H2,1H3,(H,23,26)/t15-,17-,18-,19-,22+/m1/s1. The summed E-state index contributed by atoms with van der Waals surface area (Å²) in [6, 6.07) is 5.81. The highest BCUT2D eigenvalue weighted by Crippen LogP contribution is 2.23. The lowest BCUT2D eigenvalue weighted by Gasteiger charge is -2.41. The zero-order valence-corrected chi connectivity index (χ0v) is 18.0. The Bertz CT molecular complexity index is 795. The van der Waals surface area contributed by atoms with Crippen LogP contribution < -0.4 is 5.32 Å². The molecule has 1 fully saturated rings. The molecule has 10 nitrogen and oxygen atoms in total. The van der Waals surface area contributed by atoms with Gasteiger partial charge in [-0.25, -0.2) is 0 Å². The van der Waals surface area contributed by atoms with E-state index in [1.165, 1.54) is 12.0 Å². The van der Waals surface area contributed by atoms with Crippen LogP contribution in [0.25, 0.3) is 0 Å². The number of nitrogens with zero attached hydrogens (tertiary/aromatic N) is 1. The van der Waals surface area contributed by atoms with Crippen LogP contribution in [0.5, 0.6) is 0 Å². The first kappa shape index (κ1) is 24.3. The number of carbonyl (C=O) groups excluding carboxylic acids is 3. The van der Waals surface area contributed by atoms with Crippen molar-refractivity contribution in [3.8, 4) is 0 Å². The third-order valence-corrected chi connectivity index (χ3v) is 5.85.